The minimum absolute atomic E-state index is 0.0903. The first kappa shape index (κ1) is 13.0. The minimum Gasteiger partial charge on any atom is -0.294 e. The molecule has 2 atom stereocenters. The summed E-state index contributed by atoms with van der Waals surface area (Å²) >= 11 is 0. The SMILES string of the molecule is CS(=O)(=O)O[C@H]1C=CC(=O)[C@@H]1Cc1ccccc1. The zero-order valence-electron chi connectivity index (χ0n) is 9.94. The highest BCUT2D eigenvalue weighted by atomic mass is 32.2. The molecule has 0 bridgehead atoms. The van der Waals surface area contributed by atoms with Crippen LogP contribution in [0.25, 0.3) is 0 Å². The van der Waals surface area contributed by atoms with Crippen molar-refractivity contribution < 1.29 is 17.4 Å². The highest BCUT2D eigenvalue weighted by Gasteiger charge is 2.33. The van der Waals surface area contributed by atoms with Gasteiger partial charge in [-0.15, -0.1) is 0 Å². The molecule has 0 fully saturated rings. The Balaban J connectivity index is 2.13. The highest BCUT2D eigenvalue weighted by molar-refractivity contribution is 7.86. The van der Waals surface area contributed by atoms with Gasteiger partial charge in [0.15, 0.2) is 5.78 Å². The maximum Gasteiger partial charge on any atom is 0.264 e. The molecule has 0 heterocycles. The molecule has 1 aromatic rings. The normalized spacial score (nSPS) is 23.5. The quantitative estimate of drug-likeness (QED) is 0.771. The van der Waals surface area contributed by atoms with E-state index in [-0.39, 0.29) is 5.78 Å². The van der Waals surface area contributed by atoms with Gasteiger partial charge in [-0.05, 0) is 18.1 Å². The molecule has 0 amide bonds. The molecule has 1 aliphatic rings. The van der Waals surface area contributed by atoms with Gasteiger partial charge in [0.25, 0.3) is 10.1 Å². The largest absolute Gasteiger partial charge is 0.294 e. The molecule has 96 valence electrons. The van der Waals surface area contributed by atoms with E-state index in [4.69, 9.17) is 4.18 Å². The fraction of sp³-hybridized carbons (Fsp3) is 0.308. The summed E-state index contributed by atoms with van der Waals surface area (Å²) in [5.41, 5.74) is 0.988. The molecule has 1 aliphatic carbocycles. The lowest BCUT2D eigenvalue weighted by Gasteiger charge is -2.17. The molecule has 0 spiro atoms. The van der Waals surface area contributed by atoms with E-state index < -0.39 is 22.1 Å². The van der Waals surface area contributed by atoms with Gasteiger partial charge in [-0.25, -0.2) is 0 Å². The van der Waals surface area contributed by atoms with Gasteiger partial charge in [0, 0.05) is 0 Å². The molecule has 0 saturated carbocycles. The van der Waals surface area contributed by atoms with Crippen LogP contribution >= 0.6 is 0 Å². The van der Waals surface area contributed by atoms with Crippen LogP contribution in [0.3, 0.4) is 0 Å². The van der Waals surface area contributed by atoms with E-state index >= 15 is 0 Å². The van der Waals surface area contributed by atoms with Crippen molar-refractivity contribution in [1.82, 2.24) is 0 Å². The Morgan fingerprint density at radius 2 is 1.89 bits per heavy atom. The van der Waals surface area contributed by atoms with Crippen LogP contribution in [0.15, 0.2) is 42.5 Å². The molecule has 0 unspecified atom stereocenters. The second kappa shape index (κ2) is 5.04. The van der Waals surface area contributed by atoms with Crippen LogP contribution in [0.5, 0.6) is 0 Å². The number of allylic oxidation sites excluding steroid dienone is 1. The molecule has 0 aromatic heterocycles. The van der Waals surface area contributed by atoms with E-state index in [1.54, 1.807) is 0 Å². The number of hydrogen-bond donors (Lipinski definition) is 0. The van der Waals surface area contributed by atoms with Gasteiger partial charge in [0.05, 0.1) is 12.2 Å². The summed E-state index contributed by atoms with van der Waals surface area (Å²) in [6.07, 6.45) is 3.68. The van der Waals surface area contributed by atoms with E-state index in [1.165, 1.54) is 12.2 Å². The zero-order chi connectivity index (χ0) is 13.2. The molecule has 0 saturated heterocycles. The minimum atomic E-state index is -3.56. The van der Waals surface area contributed by atoms with Gasteiger partial charge >= 0.3 is 0 Å². The molecule has 0 aliphatic heterocycles. The first-order chi connectivity index (χ1) is 8.46. The number of rotatable bonds is 4. The Morgan fingerprint density at radius 3 is 2.50 bits per heavy atom. The number of carbonyl (C=O) groups excluding carboxylic acids is 1. The summed E-state index contributed by atoms with van der Waals surface area (Å²) in [4.78, 5) is 11.7. The molecule has 0 N–H and O–H groups in total. The Hall–Kier alpha value is -1.46. The summed E-state index contributed by atoms with van der Waals surface area (Å²) in [5.74, 6) is -0.547. The maximum absolute atomic E-state index is 11.7. The average Bonchev–Trinajstić information content (AvgIpc) is 2.61. The molecule has 0 radical (unpaired) electrons. The van der Waals surface area contributed by atoms with Crippen LogP contribution in [0.1, 0.15) is 5.56 Å². The average molecular weight is 266 g/mol. The van der Waals surface area contributed by atoms with Crippen LogP contribution < -0.4 is 0 Å². The second-order valence-electron chi connectivity index (χ2n) is 4.32. The van der Waals surface area contributed by atoms with Gasteiger partial charge < -0.3 is 0 Å². The van der Waals surface area contributed by atoms with Crippen molar-refractivity contribution in [2.45, 2.75) is 12.5 Å². The van der Waals surface area contributed by atoms with E-state index in [1.807, 2.05) is 30.3 Å². The van der Waals surface area contributed by atoms with E-state index in [2.05, 4.69) is 0 Å². The molecular formula is C13H14O4S. The van der Waals surface area contributed by atoms with E-state index in [0.29, 0.717) is 6.42 Å². The van der Waals surface area contributed by atoms with Crippen molar-refractivity contribution in [3.8, 4) is 0 Å². The van der Waals surface area contributed by atoms with Gasteiger partial charge in [0.2, 0.25) is 0 Å². The summed E-state index contributed by atoms with van der Waals surface area (Å²) in [6.45, 7) is 0. The first-order valence-electron chi connectivity index (χ1n) is 5.60. The summed E-state index contributed by atoms with van der Waals surface area (Å²) in [5, 5.41) is 0. The fourth-order valence-electron chi connectivity index (χ4n) is 2.00. The Morgan fingerprint density at radius 1 is 1.22 bits per heavy atom. The topological polar surface area (TPSA) is 60.4 Å². The van der Waals surface area contributed by atoms with Crippen LogP contribution in [0.4, 0.5) is 0 Å². The van der Waals surface area contributed by atoms with Crippen LogP contribution in [-0.2, 0) is 25.5 Å². The number of hydrogen-bond acceptors (Lipinski definition) is 4. The Bertz CT molecular complexity index is 560. The van der Waals surface area contributed by atoms with Gasteiger partial charge in [-0.3, -0.25) is 8.98 Å². The maximum atomic E-state index is 11.7. The molecule has 2 rings (SSSR count). The second-order valence-corrected chi connectivity index (χ2v) is 5.92. The molecule has 18 heavy (non-hydrogen) atoms. The fourth-order valence-corrected chi connectivity index (χ4v) is 2.60. The summed E-state index contributed by atoms with van der Waals surface area (Å²) in [6, 6.07) is 9.47. The monoisotopic (exact) mass is 266 g/mol. The van der Waals surface area contributed by atoms with Crippen molar-refractivity contribution >= 4 is 15.9 Å². The van der Waals surface area contributed by atoms with Crippen molar-refractivity contribution in [2.75, 3.05) is 6.26 Å². The molecule has 4 nitrogen and oxygen atoms in total. The van der Waals surface area contributed by atoms with Crippen LogP contribution in [0, 0.1) is 5.92 Å². The van der Waals surface area contributed by atoms with Crippen molar-refractivity contribution in [3.63, 3.8) is 0 Å². The van der Waals surface area contributed by atoms with Crippen molar-refractivity contribution in [3.05, 3.63) is 48.0 Å². The van der Waals surface area contributed by atoms with Crippen LogP contribution in [0.2, 0.25) is 0 Å². The Kier molecular flexibility index (Phi) is 3.63. The lowest BCUT2D eigenvalue weighted by molar-refractivity contribution is -0.118. The Labute approximate surface area is 106 Å². The van der Waals surface area contributed by atoms with Gasteiger partial charge in [0.1, 0.15) is 6.10 Å². The predicted octanol–water partition coefficient (Wildman–Crippen LogP) is 1.33. The summed E-state index contributed by atoms with van der Waals surface area (Å²) in [7, 11) is -3.56. The van der Waals surface area contributed by atoms with Gasteiger partial charge in [-0.1, -0.05) is 36.4 Å². The lowest BCUT2D eigenvalue weighted by atomic mass is 9.95. The van der Waals surface area contributed by atoms with Crippen molar-refractivity contribution in [1.29, 1.82) is 0 Å². The number of benzene rings is 1. The number of carbonyl (C=O) groups is 1. The first-order valence-corrected chi connectivity index (χ1v) is 7.41. The lowest BCUT2D eigenvalue weighted by Crippen LogP contribution is -2.27. The highest BCUT2D eigenvalue weighted by Crippen LogP contribution is 2.24. The zero-order valence-corrected chi connectivity index (χ0v) is 10.8. The molecule has 1 aromatic carbocycles. The smallest absolute Gasteiger partial charge is 0.264 e. The van der Waals surface area contributed by atoms with Gasteiger partial charge in [-0.2, -0.15) is 8.42 Å². The standard InChI is InChI=1S/C13H14O4S/c1-18(15,16)17-13-8-7-12(14)11(13)9-10-5-3-2-4-6-10/h2-8,11,13H,9H2,1H3/t11-,13-/m0/s1. The third-order valence-electron chi connectivity index (χ3n) is 2.80. The molecule has 5 heteroatoms. The third kappa shape index (κ3) is 3.27. The van der Waals surface area contributed by atoms with Crippen LogP contribution in [-0.4, -0.2) is 26.6 Å². The third-order valence-corrected chi connectivity index (χ3v) is 3.37. The van der Waals surface area contributed by atoms with E-state index in [9.17, 15) is 13.2 Å². The number of ketones is 1. The predicted molar refractivity (Wildman–Crippen MR) is 67.5 cm³/mol. The van der Waals surface area contributed by atoms with E-state index in [0.717, 1.165) is 11.8 Å². The molecular weight excluding hydrogens is 252 g/mol. The summed E-state index contributed by atoms with van der Waals surface area (Å²) < 4.78 is 27.2. The van der Waals surface area contributed by atoms with Crippen molar-refractivity contribution in [2.24, 2.45) is 5.92 Å².